The summed E-state index contributed by atoms with van der Waals surface area (Å²) in [5.41, 5.74) is 5.67. The highest BCUT2D eigenvalue weighted by Gasteiger charge is 2.11. The number of carbonyl (C=O) groups excluding carboxylic acids is 1. The largest absolute Gasteiger partial charge is 0.343 e. The molecule has 0 heterocycles. The van der Waals surface area contributed by atoms with E-state index in [-0.39, 0.29) is 11.9 Å². The molecule has 0 aromatic carbocycles. The van der Waals surface area contributed by atoms with Gasteiger partial charge < -0.3 is 15.5 Å². The van der Waals surface area contributed by atoms with Gasteiger partial charge in [0.25, 0.3) is 0 Å². The van der Waals surface area contributed by atoms with Crippen LogP contribution >= 0.6 is 0 Å². The SMILES string of the molecule is CCN(CCCN(C)C)C(=O)CCCC(C)N. The normalized spacial score (nSPS) is 12.8. The van der Waals surface area contributed by atoms with Gasteiger partial charge in [-0.15, -0.1) is 0 Å². The Labute approximate surface area is 106 Å². The van der Waals surface area contributed by atoms with Crippen LogP contribution in [0.2, 0.25) is 0 Å². The average molecular weight is 243 g/mol. The van der Waals surface area contributed by atoms with Crippen LogP contribution in [-0.2, 0) is 4.79 Å². The van der Waals surface area contributed by atoms with Crippen LogP contribution in [0.5, 0.6) is 0 Å². The minimum atomic E-state index is 0.201. The van der Waals surface area contributed by atoms with Crippen LogP contribution in [0, 0.1) is 0 Å². The Morgan fingerprint density at radius 1 is 1.24 bits per heavy atom. The van der Waals surface area contributed by atoms with Crippen molar-refractivity contribution in [3.8, 4) is 0 Å². The third-order valence-corrected chi connectivity index (χ3v) is 2.82. The molecule has 17 heavy (non-hydrogen) atoms. The van der Waals surface area contributed by atoms with E-state index in [1.807, 2.05) is 18.7 Å². The number of nitrogens with zero attached hydrogens (tertiary/aromatic N) is 2. The van der Waals surface area contributed by atoms with Crippen molar-refractivity contribution >= 4 is 5.91 Å². The van der Waals surface area contributed by atoms with Gasteiger partial charge in [-0.05, 0) is 53.8 Å². The van der Waals surface area contributed by atoms with Gasteiger partial charge in [-0.3, -0.25) is 4.79 Å². The molecule has 0 rings (SSSR count). The topological polar surface area (TPSA) is 49.6 Å². The highest BCUT2D eigenvalue weighted by Crippen LogP contribution is 2.03. The van der Waals surface area contributed by atoms with Crippen LogP contribution in [0.1, 0.15) is 39.5 Å². The van der Waals surface area contributed by atoms with Crippen LogP contribution in [0.15, 0.2) is 0 Å². The molecule has 0 aliphatic heterocycles. The zero-order chi connectivity index (χ0) is 13.3. The van der Waals surface area contributed by atoms with Gasteiger partial charge in [-0.25, -0.2) is 0 Å². The average Bonchev–Trinajstić information content (AvgIpc) is 2.23. The predicted molar refractivity (Wildman–Crippen MR) is 72.9 cm³/mol. The van der Waals surface area contributed by atoms with Gasteiger partial charge in [-0.1, -0.05) is 0 Å². The lowest BCUT2D eigenvalue weighted by molar-refractivity contribution is -0.131. The molecule has 0 radical (unpaired) electrons. The summed E-state index contributed by atoms with van der Waals surface area (Å²) in [6, 6.07) is 0.201. The number of hydrogen-bond donors (Lipinski definition) is 1. The predicted octanol–water partition coefficient (Wildman–Crippen LogP) is 1.30. The van der Waals surface area contributed by atoms with Gasteiger partial charge in [-0.2, -0.15) is 0 Å². The molecule has 1 unspecified atom stereocenters. The van der Waals surface area contributed by atoms with E-state index in [1.54, 1.807) is 0 Å². The third kappa shape index (κ3) is 9.12. The lowest BCUT2D eigenvalue weighted by Gasteiger charge is -2.22. The van der Waals surface area contributed by atoms with Gasteiger partial charge in [0.15, 0.2) is 0 Å². The molecule has 102 valence electrons. The fourth-order valence-corrected chi connectivity index (χ4v) is 1.77. The molecule has 0 saturated carbocycles. The summed E-state index contributed by atoms with van der Waals surface area (Å²) in [6.07, 6.45) is 3.51. The van der Waals surface area contributed by atoms with Crippen molar-refractivity contribution in [1.29, 1.82) is 0 Å². The van der Waals surface area contributed by atoms with E-state index in [9.17, 15) is 4.79 Å². The Hall–Kier alpha value is -0.610. The van der Waals surface area contributed by atoms with Gasteiger partial charge in [0.2, 0.25) is 5.91 Å². The molecule has 0 aliphatic carbocycles. The minimum absolute atomic E-state index is 0.201. The Balaban J connectivity index is 3.79. The van der Waals surface area contributed by atoms with Crippen LogP contribution in [-0.4, -0.2) is 55.5 Å². The molecule has 0 aliphatic rings. The van der Waals surface area contributed by atoms with Crippen molar-refractivity contribution in [2.24, 2.45) is 5.73 Å². The van der Waals surface area contributed by atoms with Crippen molar-refractivity contribution in [2.45, 2.75) is 45.6 Å². The van der Waals surface area contributed by atoms with E-state index in [0.29, 0.717) is 6.42 Å². The van der Waals surface area contributed by atoms with Gasteiger partial charge in [0.1, 0.15) is 0 Å². The van der Waals surface area contributed by atoms with E-state index in [4.69, 9.17) is 5.73 Å². The van der Waals surface area contributed by atoms with Crippen LogP contribution < -0.4 is 5.73 Å². The number of rotatable bonds is 9. The summed E-state index contributed by atoms with van der Waals surface area (Å²) in [4.78, 5) is 16.0. The fraction of sp³-hybridized carbons (Fsp3) is 0.923. The maximum atomic E-state index is 11.9. The molecule has 0 saturated heterocycles. The molecule has 4 nitrogen and oxygen atoms in total. The summed E-state index contributed by atoms with van der Waals surface area (Å²) in [5, 5.41) is 0. The van der Waals surface area contributed by atoms with Crippen LogP contribution in [0.25, 0.3) is 0 Å². The minimum Gasteiger partial charge on any atom is -0.343 e. The first-order chi connectivity index (χ1) is 7.97. The number of nitrogens with two attached hydrogens (primary N) is 1. The lowest BCUT2D eigenvalue weighted by Crippen LogP contribution is -2.33. The highest BCUT2D eigenvalue weighted by atomic mass is 16.2. The van der Waals surface area contributed by atoms with Gasteiger partial charge >= 0.3 is 0 Å². The van der Waals surface area contributed by atoms with Crippen LogP contribution in [0.4, 0.5) is 0 Å². The monoisotopic (exact) mass is 243 g/mol. The maximum absolute atomic E-state index is 11.9. The lowest BCUT2D eigenvalue weighted by atomic mass is 10.1. The summed E-state index contributed by atoms with van der Waals surface area (Å²) in [6.45, 7) is 6.73. The molecule has 0 aromatic heterocycles. The van der Waals surface area contributed by atoms with E-state index in [1.165, 1.54) is 0 Å². The first kappa shape index (κ1) is 16.4. The summed E-state index contributed by atoms with van der Waals surface area (Å²) in [5.74, 6) is 0.270. The van der Waals surface area contributed by atoms with Crippen molar-refractivity contribution in [1.82, 2.24) is 9.80 Å². The third-order valence-electron chi connectivity index (χ3n) is 2.82. The van der Waals surface area contributed by atoms with Crippen molar-refractivity contribution in [3.05, 3.63) is 0 Å². The number of hydrogen-bond acceptors (Lipinski definition) is 3. The quantitative estimate of drug-likeness (QED) is 0.664. The first-order valence-corrected chi connectivity index (χ1v) is 6.65. The molecule has 1 amide bonds. The molecule has 0 bridgehead atoms. The van der Waals surface area contributed by atoms with E-state index in [2.05, 4.69) is 19.0 Å². The molecule has 2 N–H and O–H groups in total. The molecule has 4 heteroatoms. The van der Waals surface area contributed by atoms with Crippen molar-refractivity contribution < 1.29 is 4.79 Å². The van der Waals surface area contributed by atoms with Crippen molar-refractivity contribution in [2.75, 3.05) is 33.7 Å². The fourth-order valence-electron chi connectivity index (χ4n) is 1.77. The summed E-state index contributed by atoms with van der Waals surface area (Å²) in [7, 11) is 4.11. The second-order valence-electron chi connectivity index (χ2n) is 5.00. The zero-order valence-electron chi connectivity index (χ0n) is 11.9. The van der Waals surface area contributed by atoms with E-state index < -0.39 is 0 Å². The first-order valence-electron chi connectivity index (χ1n) is 6.65. The molecule has 0 aromatic rings. The summed E-state index contributed by atoms with van der Waals surface area (Å²) < 4.78 is 0. The smallest absolute Gasteiger partial charge is 0.222 e. The van der Waals surface area contributed by atoms with Crippen molar-refractivity contribution in [3.63, 3.8) is 0 Å². The second kappa shape index (κ2) is 9.42. The maximum Gasteiger partial charge on any atom is 0.222 e. The zero-order valence-corrected chi connectivity index (χ0v) is 11.9. The van der Waals surface area contributed by atoms with E-state index in [0.717, 1.165) is 38.9 Å². The Bertz CT molecular complexity index is 205. The molecular weight excluding hydrogens is 214 g/mol. The molecule has 1 atom stereocenters. The Morgan fingerprint density at radius 2 is 1.88 bits per heavy atom. The Morgan fingerprint density at radius 3 is 2.35 bits per heavy atom. The van der Waals surface area contributed by atoms with Gasteiger partial charge in [0, 0.05) is 25.6 Å². The molecule has 0 fully saturated rings. The molecular formula is C13H29N3O. The second-order valence-corrected chi connectivity index (χ2v) is 5.00. The van der Waals surface area contributed by atoms with Crippen LogP contribution in [0.3, 0.4) is 0 Å². The number of amides is 1. The Kier molecular flexibility index (Phi) is 9.09. The van der Waals surface area contributed by atoms with E-state index >= 15 is 0 Å². The standard InChI is InChI=1S/C13H29N3O/c1-5-16(11-7-10-15(3)4)13(17)9-6-8-12(2)14/h12H,5-11,14H2,1-4H3. The van der Waals surface area contributed by atoms with Gasteiger partial charge in [0.05, 0.1) is 0 Å². The summed E-state index contributed by atoms with van der Waals surface area (Å²) >= 11 is 0. The molecule has 0 spiro atoms. The number of carbonyl (C=O) groups is 1. The highest BCUT2D eigenvalue weighted by molar-refractivity contribution is 5.76.